The van der Waals surface area contributed by atoms with Crippen LogP contribution in [0.25, 0.3) is 0 Å². The van der Waals surface area contributed by atoms with Crippen molar-refractivity contribution in [3.05, 3.63) is 12.2 Å². The van der Waals surface area contributed by atoms with Crippen molar-refractivity contribution in [1.82, 2.24) is 0 Å². The van der Waals surface area contributed by atoms with Gasteiger partial charge in [0.1, 0.15) is 5.78 Å². The zero-order chi connectivity index (χ0) is 18.7. The van der Waals surface area contributed by atoms with E-state index in [0.29, 0.717) is 44.9 Å². The van der Waals surface area contributed by atoms with Crippen molar-refractivity contribution >= 4 is 11.8 Å². The molecule has 1 aliphatic rings. The Labute approximate surface area is 151 Å². The van der Waals surface area contributed by atoms with E-state index < -0.39 is 18.2 Å². The smallest absolute Gasteiger partial charge is 0.303 e. The maximum absolute atomic E-state index is 12.0. The van der Waals surface area contributed by atoms with Gasteiger partial charge in [-0.25, -0.2) is 0 Å². The lowest BCUT2D eigenvalue weighted by Gasteiger charge is -2.22. The van der Waals surface area contributed by atoms with E-state index in [1.54, 1.807) is 0 Å². The highest BCUT2D eigenvalue weighted by Gasteiger charge is 2.40. The summed E-state index contributed by atoms with van der Waals surface area (Å²) in [5.41, 5.74) is 0. The Balaban J connectivity index is 2.38. The number of ketones is 1. The van der Waals surface area contributed by atoms with Gasteiger partial charge in [-0.3, -0.25) is 9.59 Å². The van der Waals surface area contributed by atoms with Crippen molar-refractivity contribution in [3.63, 3.8) is 0 Å². The molecule has 1 aliphatic carbocycles. The first-order valence-corrected chi connectivity index (χ1v) is 9.70. The Morgan fingerprint density at radius 2 is 1.68 bits per heavy atom. The molecule has 0 bridgehead atoms. The molecule has 3 N–H and O–H groups in total. The first-order chi connectivity index (χ1) is 12.0. The molecule has 0 aromatic carbocycles. The Morgan fingerprint density at radius 3 is 2.36 bits per heavy atom. The summed E-state index contributed by atoms with van der Waals surface area (Å²) in [7, 11) is 0. The number of aliphatic hydroxyl groups excluding tert-OH is 2. The van der Waals surface area contributed by atoms with Crippen LogP contribution in [0.1, 0.15) is 77.6 Å². The maximum Gasteiger partial charge on any atom is 0.303 e. The van der Waals surface area contributed by atoms with Crippen LogP contribution in [0.4, 0.5) is 0 Å². The molecule has 0 amide bonds. The Kier molecular flexibility index (Phi) is 10.7. The van der Waals surface area contributed by atoms with Crippen LogP contribution in [-0.4, -0.2) is 39.3 Å². The zero-order valence-corrected chi connectivity index (χ0v) is 15.4. The van der Waals surface area contributed by atoms with Crippen LogP contribution in [0.5, 0.6) is 0 Å². The van der Waals surface area contributed by atoms with Crippen molar-refractivity contribution in [2.24, 2.45) is 11.8 Å². The molecule has 0 aromatic heterocycles. The minimum absolute atomic E-state index is 0.0193. The van der Waals surface area contributed by atoms with Gasteiger partial charge in [0.25, 0.3) is 0 Å². The van der Waals surface area contributed by atoms with Crippen LogP contribution in [0.2, 0.25) is 0 Å². The van der Waals surface area contributed by atoms with Gasteiger partial charge in [-0.2, -0.15) is 0 Å². The minimum atomic E-state index is -0.786. The Hall–Kier alpha value is -1.20. The summed E-state index contributed by atoms with van der Waals surface area (Å²) in [5.74, 6) is -0.584. The van der Waals surface area contributed by atoms with Crippen LogP contribution >= 0.6 is 0 Å². The lowest BCUT2D eigenvalue weighted by molar-refractivity contribution is -0.137. The summed E-state index contributed by atoms with van der Waals surface area (Å²) in [6.45, 7) is 2.11. The average Bonchev–Trinajstić information content (AvgIpc) is 2.82. The third-order valence-electron chi connectivity index (χ3n) is 5.17. The van der Waals surface area contributed by atoms with Crippen molar-refractivity contribution < 1.29 is 24.9 Å². The molecule has 4 atom stereocenters. The first kappa shape index (κ1) is 21.8. The van der Waals surface area contributed by atoms with E-state index in [0.717, 1.165) is 19.3 Å². The lowest BCUT2D eigenvalue weighted by atomic mass is 9.86. The van der Waals surface area contributed by atoms with Gasteiger partial charge in [-0.1, -0.05) is 31.9 Å². The fourth-order valence-electron chi connectivity index (χ4n) is 3.67. The standard InChI is InChI=1S/C20H34O5/c1-2-3-6-9-15(21)12-13-17-16(18(22)14-19(17)23)10-7-4-5-8-11-20(24)25/h4,7,16-19,22-23H,2-3,5-6,8-14H2,1H3,(H,24,25)/b7-4-. The van der Waals surface area contributed by atoms with E-state index in [1.165, 1.54) is 0 Å². The van der Waals surface area contributed by atoms with Crippen molar-refractivity contribution in [2.75, 3.05) is 0 Å². The predicted octanol–water partition coefficient (Wildman–Crippen LogP) is 3.48. The second kappa shape index (κ2) is 12.2. The van der Waals surface area contributed by atoms with Crippen LogP contribution in [0.3, 0.4) is 0 Å². The van der Waals surface area contributed by atoms with Crippen molar-refractivity contribution in [3.8, 4) is 0 Å². The van der Waals surface area contributed by atoms with Gasteiger partial charge in [-0.05, 0) is 50.4 Å². The summed E-state index contributed by atoms with van der Waals surface area (Å²) >= 11 is 0. The lowest BCUT2D eigenvalue weighted by Crippen LogP contribution is -2.22. The van der Waals surface area contributed by atoms with E-state index in [-0.39, 0.29) is 24.0 Å². The predicted molar refractivity (Wildman–Crippen MR) is 97.2 cm³/mol. The van der Waals surface area contributed by atoms with Crippen LogP contribution in [0, 0.1) is 11.8 Å². The van der Waals surface area contributed by atoms with Gasteiger partial charge in [0, 0.05) is 19.3 Å². The molecule has 0 spiro atoms. The number of carboxylic acid groups (broad SMARTS) is 1. The Morgan fingerprint density at radius 1 is 0.960 bits per heavy atom. The summed E-state index contributed by atoms with van der Waals surface area (Å²) < 4.78 is 0. The molecule has 1 rings (SSSR count). The molecule has 25 heavy (non-hydrogen) atoms. The average molecular weight is 354 g/mol. The number of unbranched alkanes of at least 4 members (excludes halogenated alkanes) is 3. The van der Waals surface area contributed by atoms with E-state index in [2.05, 4.69) is 6.92 Å². The van der Waals surface area contributed by atoms with E-state index >= 15 is 0 Å². The van der Waals surface area contributed by atoms with E-state index in [1.807, 2.05) is 12.2 Å². The summed E-state index contributed by atoms with van der Waals surface area (Å²) in [6.07, 6.45) is 10.2. The molecule has 0 aliphatic heterocycles. The molecule has 0 heterocycles. The van der Waals surface area contributed by atoms with Crippen LogP contribution < -0.4 is 0 Å². The number of carbonyl (C=O) groups excluding carboxylic acids is 1. The SMILES string of the molecule is CCCCCC(=O)CCC1C(O)CC(O)C1C/C=C\CCCC(=O)O. The second-order valence-electron chi connectivity index (χ2n) is 7.23. The minimum Gasteiger partial charge on any atom is -0.481 e. The van der Waals surface area contributed by atoms with Gasteiger partial charge in [-0.15, -0.1) is 0 Å². The highest BCUT2D eigenvalue weighted by Crippen LogP contribution is 2.38. The molecule has 0 radical (unpaired) electrons. The molecule has 0 aromatic rings. The number of Topliss-reactive ketones (excluding diaryl/α,β-unsaturated/α-hetero) is 1. The van der Waals surface area contributed by atoms with Crippen molar-refractivity contribution in [1.29, 1.82) is 0 Å². The molecule has 5 nitrogen and oxygen atoms in total. The number of allylic oxidation sites excluding steroid dienone is 2. The number of hydrogen-bond donors (Lipinski definition) is 3. The molecule has 144 valence electrons. The van der Waals surface area contributed by atoms with Gasteiger partial charge in [0.05, 0.1) is 12.2 Å². The number of aliphatic carboxylic acids is 1. The third kappa shape index (κ3) is 8.63. The summed E-state index contributed by atoms with van der Waals surface area (Å²) in [6, 6.07) is 0. The fourth-order valence-corrected chi connectivity index (χ4v) is 3.67. The van der Waals surface area contributed by atoms with E-state index in [4.69, 9.17) is 5.11 Å². The highest BCUT2D eigenvalue weighted by molar-refractivity contribution is 5.78. The van der Waals surface area contributed by atoms with Gasteiger partial charge in [0.15, 0.2) is 0 Å². The maximum atomic E-state index is 12.0. The van der Waals surface area contributed by atoms with Crippen LogP contribution in [-0.2, 0) is 9.59 Å². The highest BCUT2D eigenvalue weighted by atomic mass is 16.4. The van der Waals surface area contributed by atoms with Gasteiger partial charge >= 0.3 is 5.97 Å². The molecule has 1 fully saturated rings. The second-order valence-corrected chi connectivity index (χ2v) is 7.23. The normalized spacial score (nSPS) is 26.4. The topological polar surface area (TPSA) is 94.8 Å². The molecule has 4 unspecified atom stereocenters. The summed E-state index contributed by atoms with van der Waals surface area (Å²) in [5, 5.41) is 29.0. The first-order valence-electron chi connectivity index (χ1n) is 9.70. The van der Waals surface area contributed by atoms with Crippen molar-refractivity contribution in [2.45, 2.75) is 89.8 Å². The third-order valence-corrected chi connectivity index (χ3v) is 5.17. The van der Waals surface area contributed by atoms with Gasteiger partial charge in [0.2, 0.25) is 0 Å². The fraction of sp³-hybridized carbons (Fsp3) is 0.800. The monoisotopic (exact) mass is 354 g/mol. The zero-order valence-electron chi connectivity index (χ0n) is 15.4. The number of aliphatic hydroxyl groups is 2. The number of carboxylic acids is 1. The number of carbonyl (C=O) groups is 2. The van der Waals surface area contributed by atoms with Gasteiger partial charge < -0.3 is 15.3 Å². The summed E-state index contributed by atoms with van der Waals surface area (Å²) in [4.78, 5) is 22.4. The quantitative estimate of drug-likeness (QED) is 0.348. The van der Waals surface area contributed by atoms with E-state index in [9.17, 15) is 19.8 Å². The number of hydrogen-bond acceptors (Lipinski definition) is 4. The largest absolute Gasteiger partial charge is 0.481 e. The number of rotatable bonds is 13. The molecular formula is C20H34O5. The van der Waals surface area contributed by atoms with Crippen LogP contribution in [0.15, 0.2) is 12.2 Å². The Bertz CT molecular complexity index is 432. The molecular weight excluding hydrogens is 320 g/mol. The molecule has 5 heteroatoms. The molecule has 1 saturated carbocycles. The molecule has 0 saturated heterocycles.